The number of guanidine groups is 1. The van der Waals surface area contributed by atoms with Crippen molar-refractivity contribution in [3.63, 3.8) is 0 Å². The lowest BCUT2D eigenvalue weighted by atomic mass is 10.2. The summed E-state index contributed by atoms with van der Waals surface area (Å²) in [6.45, 7) is 5.08. The number of benzene rings is 1. The summed E-state index contributed by atoms with van der Waals surface area (Å²) >= 11 is 7.00. The molecule has 21 heavy (non-hydrogen) atoms. The van der Waals surface area contributed by atoms with Gasteiger partial charge in [-0.25, -0.2) is 0 Å². The molecule has 0 fully saturated rings. The van der Waals surface area contributed by atoms with E-state index in [2.05, 4.69) is 42.1 Å². The van der Waals surface area contributed by atoms with Crippen LogP contribution in [-0.4, -0.2) is 25.4 Å². The Labute approximate surface area is 140 Å². The molecule has 0 spiro atoms. The summed E-state index contributed by atoms with van der Waals surface area (Å²) in [7, 11) is 0. The Kier molecular flexibility index (Phi) is 7.52. The van der Waals surface area contributed by atoms with E-state index in [0.29, 0.717) is 24.7 Å². The molecule has 0 saturated carbocycles. The number of rotatable bonds is 7. The van der Waals surface area contributed by atoms with Crippen LogP contribution in [0, 0.1) is 0 Å². The van der Waals surface area contributed by atoms with Crippen molar-refractivity contribution in [2.75, 3.05) is 13.2 Å². The van der Waals surface area contributed by atoms with Gasteiger partial charge in [0.15, 0.2) is 11.5 Å². The van der Waals surface area contributed by atoms with Crippen molar-refractivity contribution < 1.29 is 9.47 Å². The number of halogens is 2. The van der Waals surface area contributed by atoms with Crippen molar-refractivity contribution >= 4 is 44.0 Å². The highest BCUT2D eigenvalue weighted by atomic mass is 79.9. The summed E-state index contributed by atoms with van der Waals surface area (Å²) in [5, 5.41) is 7.37. The lowest BCUT2D eigenvalue weighted by Crippen LogP contribution is -2.21. The second kappa shape index (κ2) is 8.89. The van der Waals surface area contributed by atoms with Gasteiger partial charge >= 0.3 is 0 Å². The largest absolute Gasteiger partial charge is 0.490 e. The molecule has 0 heterocycles. The minimum absolute atomic E-state index is 0.102. The molecule has 116 valence electrons. The Morgan fingerprint density at radius 2 is 1.95 bits per heavy atom. The fourth-order valence-electron chi connectivity index (χ4n) is 1.46. The van der Waals surface area contributed by atoms with Crippen LogP contribution in [0.2, 0.25) is 0 Å². The summed E-state index contributed by atoms with van der Waals surface area (Å²) < 4.78 is 12.9. The maximum absolute atomic E-state index is 5.73. The predicted octanol–water partition coefficient (Wildman–Crippen LogP) is 3.01. The number of hydrogen-bond donors (Lipinski definition) is 2. The van der Waals surface area contributed by atoms with E-state index in [1.807, 2.05) is 19.9 Å². The topological polar surface area (TPSA) is 95.2 Å². The smallest absolute Gasteiger partial charge is 0.211 e. The van der Waals surface area contributed by atoms with Crippen LogP contribution in [-0.2, 0) is 0 Å². The predicted molar refractivity (Wildman–Crippen MR) is 92.2 cm³/mol. The van der Waals surface area contributed by atoms with E-state index in [4.69, 9.17) is 20.9 Å². The molecule has 1 rings (SSSR count). The second-order valence-corrected chi connectivity index (χ2v) is 5.56. The molecular weight excluding hydrogens is 404 g/mol. The van der Waals surface area contributed by atoms with E-state index >= 15 is 0 Å². The van der Waals surface area contributed by atoms with Gasteiger partial charge < -0.3 is 20.9 Å². The lowest BCUT2D eigenvalue weighted by Gasteiger charge is -2.15. The quantitative estimate of drug-likeness (QED) is 0.401. The number of nitrogens with two attached hydrogens (primary N) is 2. The summed E-state index contributed by atoms with van der Waals surface area (Å²) in [6.07, 6.45) is 2.43. The zero-order valence-electron chi connectivity index (χ0n) is 11.9. The molecule has 4 N–H and O–H groups in total. The molecule has 0 saturated heterocycles. The van der Waals surface area contributed by atoms with Crippen molar-refractivity contribution in [3.8, 4) is 11.5 Å². The Morgan fingerprint density at radius 3 is 2.52 bits per heavy atom. The summed E-state index contributed by atoms with van der Waals surface area (Å²) in [5.41, 5.74) is 11.2. The molecule has 0 amide bonds. The summed E-state index contributed by atoms with van der Waals surface area (Å²) in [6, 6.07) is 1.81. The number of ether oxygens (including phenoxy) is 2. The van der Waals surface area contributed by atoms with Gasteiger partial charge in [0, 0.05) is 10.0 Å². The van der Waals surface area contributed by atoms with E-state index in [0.717, 1.165) is 20.9 Å². The summed E-state index contributed by atoms with van der Waals surface area (Å²) in [4.78, 5) is 0. The first-order valence-electron chi connectivity index (χ1n) is 6.40. The monoisotopic (exact) mass is 420 g/mol. The molecular formula is C13H18Br2N4O2. The van der Waals surface area contributed by atoms with E-state index in [1.165, 1.54) is 6.21 Å². The third kappa shape index (κ3) is 5.20. The minimum atomic E-state index is -0.102. The van der Waals surface area contributed by atoms with Gasteiger partial charge in [0.05, 0.1) is 23.9 Å². The number of nitrogens with zero attached hydrogens (tertiary/aromatic N) is 2. The average molecular weight is 422 g/mol. The molecule has 0 aromatic heterocycles. The SMILES string of the molecule is CCCOc1c(OCC)cc(C=NN=C(N)N)c(Br)c1Br. The molecule has 1 aromatic carbocycles. The molecule has 0 atom stereocenters. The fraction of sp³-hybridized carbons (Fsp3) is 0.385. The molecule has 8 heteroatoms. The van der Waals surface area contributed by atoms with Crippen LogP contribution < -0.4 is 20.9 Å². The minimum Gasteiger partial charge on any atom is -0.490 e. The van der Waals surface area contributed by atoms with Crippen LogP contribution in [0.15, 0.2) is 25.2 Å². The maximum atomic E-state index is 5.73. The van der Waals surface area contributed by atoms with Gasteiger partial charge in [0.2, 0.25) is 5.96 Å². The van der Waals surface area contributed by atoms with Crippen molar-refractivity contribution in [2.24, 2.45) is 21.7 Å². The van der Waals surface area contributed by atoms with Crippen LogP contribution in [0.3, 0.4) is 0 Å². The standard InChI is InChI=1S/C13H18Br2N4O2/c1-3-5-21-12-9(20-4-2)6-8(10(14)11(12)15)7-18-19-13(16)17/h6-7H,3-5H2,1-2H3,(H4,16,17,19). The maximum Gasteiger partial charge on any atom is 0.211 e. The highest BCUT2D eigenvalue weighted by Gasteiger charge is 2.16. The zero-order valence-corrected chi connectivity index (χ0v) is 15.1. The molecule has 0 radical (unpaired) electrons. The first kappa shape index (κ1) is 17.8. The van der Waals surface area contributed by atoms with E-state index in [1.54, 1.807) is 0 Å². The van der Waals surface area contributed by atoms with Gasteiger partial charge in [-0.2, -0.15) is 5.10 Å². The highest BCUT2D eigenvalue weighted by Crippen LogP contribution is 2.42. The Morgan fingerprint density at radius 1 is 1.24 bits per heavy atom. The Hall–Kier alpha value is -1.28. The Balaban J connectivity index is 3.22. The molecule has 0 aliphatic rings. The van der Waals surface area contributed by atoms with Crippen molar-refractivity contribution in [1.82, 2.24) is 0 Å². The highest BCUT2D eigenvalue weighted by molar-refractivity contribution is 9.13. The van der Waals surface area contributed by atoms with Crippen LogP contribution in [0.5, 0.6) is 11.5 Å². The third-order valence-corrected chi connectivity index (χ3v) is 4.42. The van der Waals surface area contributed by atoms with Gasteiger partial charge in [-0.1, -0.05) is 6.92 Å². The molecule has 0 bridgehead atoms. The van der Waals surface area contributed by atoms with Crippen LogP contribution in [0.1, 0.15) is 25.8 Å². The van der Waals surface area contributed by atoms with Crippen molar-refractivity contribution in [2.45, 2.75) is 20.3 Å². The lowest BCUT2D eigenvalue weighted by molar-refractivity contribution is 0.275. The van der Waals surface area contributed by atoms with Gasteiger partial charge in [-0.15, -0.1) is 5.10 Å². The molecule has 6 nitrogen and oxygen atoms in total. The van der Waals surface area contributed by atoms with Crippen LogP contribution in [0.25, 0.3) is 0 Å². The van der Waals surface area contributed by atoms with Gasteiger partial charge in [-0.3, -0.25) is 0 Å². The van der Waals surface area contributed by atoms with Crippen LogP contribution in [0.4, 0.5) is 0 Å². The number of hydrogen-bond acceptors (Lipinski definition) is 4. The van der Waals surface area contributed by atoms with E-state index < -0.39 is 0 Å². The first-order chi connectivity index (χ1) is 10.0. The van der Waals surface area contributed by atoms with E-state index in [9.17, 15) is 0 Å². The molecule has 0 aliphatic carbocycles. The van der Waals surface area contributed by atoms with Gasteiger partial charge in [0.1, 0.15) is 0 Å². The van der Waals surface area contributed by atoms with Crippen molar-refractivity contribution in [3.05, 3.63) is 20.6 Å². The fourth-order valence-corrected chi connectivity index (χ4v) is 2.39. The average Bonchev–Trinajstić information content (AvgIpc) is 2.43. The summed E-state index contributed by atoms with van der Waals surface area (Å²) in [5.74, 6) is 1.19. The van der Waals surface area contributed by atoms with Gasteiger partial charge in [-0.05, 0) is 51.3 Å². The van der Waals surface area contributed by atoms with Gasteiger partial charge in [0.25, 0.3) is 0 Å². The Bertz CT molecular complexity index is 543. The molecule has 1 aromatic rings. The second-order valence-electron chi connectivity index (χ2n) is 3.97. The zero-order chi connectivity index (χ0) is 15.8. The molecule has 0 unspecified atom stereocenters. The molecule has 0 aliphatic heterocycles. The van der Waals surface area contributed by atoms with E-state index in [-0.39, 0.29) is 5.96 Å². The first-order valence-corrected chi connectivity index (χ1v) is 7.99. The van der Waals surface area contributed by atoms with Crippen LogP contribution >= 0.6 is 31.9 Å². The normalized spacial score (nSPS) is 10.7. The third-order valence-electron chi connectivity index (χ3n) is 2.28. The van der Waals surface area contributed by atoms with Crippen molar-refractivity contribution in [1.29, 1.82) is 0 Å².